The molecule has 100 heavy (non-hydrogen) atoms. The average Bonchev–Trinajstić information content (AvgIpc) is 0.791. The number of carboxylic acids is 1. The summed E-state index contributed by atoms with van der Waals surface area (Å²) in [5.41, 5.74) is 7.77. The van der Waals surface area contributed by atoms with E-state index in [1.165, 1.54) is 38.1 Å². The second-order valence-corrected chi connectivity index (χ2v) is 27.4. The van der Waals surface area contributed by atoms with Gasteiger partial charge in [0.05, 0.1) is 80.8 Å². The third-order valence-corrected chi connectivity index (χ3v) is 17.4. The second kappa shape index (κ2) is 35.8. The van der Waals surface area contributed by atoms with Crippen LogP contribution in [0.5, 0.6) is 0 Å². The maximum absolute atomic E-state index is 13.7. The number of Topliss-reactive ketones (excluding diaryl/α,β-unsaturated/α-hetero) is 1. The number of ketones is 1. The zero-order valence-electron chi connectivity index (χ0n) is 59.9. The Morgan fingerprint density at radius 3 is 1.34 bits per heavy atom. The molecule has 544 valence electrons. The molecular weight excluding hydrogens is 1290 g/mol. The molecule has 0 unspecified atom stereocenters. The molecule has 27 nitrogen and oxygen atoms in total. The van der Waals surface area contributed by atoms with Gasteiger partial charge in [-0.2, -0.15) is 0 Å². The molecule has 4 aromatic rings. The van der Waals surface area contributed by atoms with E-state index in [9.17, 15) is 57.8 Å². The Morgan fingerprint density at radius 1 is 0.600 bits per heavy atom. The maximum Gasteiger partial charge on any atom is 0.324 e. The van der Waals surface area contributed by atoms with Gasteiger partial charge in [0, 0.05) is 50.0 Å². The maximum atomic E-state index is 13.7. The predicted octanol–water partition coefficient (Wildman–Crippen LogP) is 7.43. The van der Waals surface area contributed by atoms with Gasteiger partial charge >= 0.3 is 35.8 Å². The van der Waals surface area contributed by atoms with Gasteiger partial charge in [0.1, 0.15) is 53.2 Å². The van der Waals surface area contributed by atoms with Gasteiger partial charge in [0.2, 0.25) is 11.8 Å². The number of rotatable bonds is 24. The first-order valence-electron chi connectivity index (χ1n) is 33.7. The quantitative estimate of drug-likeness (QED) is 0.0336. The third kappa shape index (κ3) is 22.2. The van der Waals surface area contributed by atoms with Crippen LogP contribution in [0.2, 0.25) is 0 Å². The number of methoxy groups -OCH3 is 2. The van der Waals surface area contributed by atoms with Crippen LogP contribution >= 0.6 is 0 Å². The summed E-state index contributed by atoms with van der Waals surface area (Å²) in [7, 11) is 2.59. The van der Waals surface area contributed by atoms with E-state index in [1.54, 1.807) is 60.6 Å². The lowest BCUT2D eigenvalue weighted by Gasteiger charge is -2.38. The summed E-state index contributed by atoms with van der Waals surface area (Å²) < 4.78 is 35.8. The highest BCUT2D eigenvalue weighted by atomic mass is 16.6. The standard InChI is InChI=1S/C34H44N4O8.C20H35N3O6.C19H19NO5/c1-20(2)26(31(41)35-21(3)32(42)38-15-7-8-28(37-38)33(43)44-6)17-30(40)34(18-45-19-34)14-13-24-9-10-25-11-12-27(36-29(25)16-24)22(4)46-23(5)39;1-12(2)14(11-16(24)29-20(4,5)6)17(25)21-13(3)18(26)23-10-8-9-15(22-23)19(27)28-7;1-12(25-13(2)21)16-6-5-15-4-3-14(9-17(15)20-16)7-8-19(18(22)23)10-24-11-19/h9-14,16,20-22,26,28,37H,7-8,15,17-19H2,1-6H3,(H,35,41);12-15,22H,8-11H2,1-7H3,(H,21,25);3-9,12H,10-11H2,1-2H3,(H,22,23)/b14-13+;;8-7+/t21-,22+,26-,28-;13-,14-,15-;12-/m001/s1. The number of nitrogens with one attached hydrogen (secondary N) is 4. The number of pyridine rings is 2. The van der Waals surface area contributed by atoms with E-state index < -0.39 is 88.5 Å². The summed E-state index contributed by atoms with van der Waals surface area (Å²) in [6.45, 7) is 23.8. The van der Waals surface area contributed by atoms with Gasteiger partial charge in [-0.1, -0.05) is 88.4 Å². The average molecular weight is 1390 g/mol. The third-order valence-electron chi connectivity index (χ3n) is 17.4. The Labute approximate surface area is 583 Å². The Kier molecular flexibility index (Phi) is 28.6. The molecule has 27 heteroatoms. The van der Waals surface area contributed by atoms with Crippen LogP contribution < -0.4 is 21.5 Å². The van der Waals surface area contributed by atoms with Gasteiger partial charge in [0.25, 0.3) is 11.8 Å². The minimum Gasteiger partial charge on any atom is -0.480 e. The van der Waals surface area contributed by atoms with Crippen molar-refractivity contribution in [3.8, 4) is 0 Å². The summed E-state index contributed by atoms with van der Waals surface area (Å²) in [5, 5.41) is 19.4. The number of hydrazine groups is 2. The first kappa shape index (κ1) is 79.9. The Hall–Kier alpha value is -9.05. The van der Waals surface area contributed by atoms with Crippen LogP contribution in [0.15, 0.2) is 72.8 Å². The van der Waals surface area contributed by atoms with Crippen molar-refractivity contribution in [3.63, 3.8) is 0 Å². The number of carbonyl (C=O) groups is 11. The molecule has 6 heterocycles. The van der Waals surface area contributed by atoms with Crippen LogP contribution in [0.25, 0.3) is 34.0 Å². The van der Waals surface area contributed by atoms with Gasteiger partial charge < -0.3 is 48.9 Å². The van der Waals surface area contributed by atoms with Crippen LogP contribution in [0.4, 0.5) is 0 Å². The van der Waals surface area contributed by atoms with Gasteiger partial charge in [-0.3, -0.25) is 62.8 Å². The molecule has 8 rings (SSSR count). The number of benzene rings is 2. The summed E-state index contributed by atoms with van der Waals surface area (Å²) in [4.78, 5) is 144. The number of carboxylic acid groups (broad SMARTS) is 1. The molecule has 8 atom stereocenters. The Bertz CT molecular complexity index is 3690. The van der Waals surface area contributed by atoms with Crippen molar-refractivity contribution < 1.29 is 91.0 Å². The van der Waals surface area contributed by atoms with Gasteiger partial charge in [0.15, 0.2) is 0 Å². The second-order valence-electron chi connectivity index (χ2n) is 27.4. The highest BCUT2D eigenvalue weighted by Crippen LogP contribution is 2.36. The number of hydrogen-bond acceptors (Lipinski definition) is 22. The van der Waals surface area contributed by atoms with Crippen molar-refractivity contribution in [2.45, 2.75) is 171 Å². The number of amides is 4. The molecule has 4 fully saturated rings. The molecule has 4 aliphatic rings. The number of aromatic nitrogens is 2. The van der Waals surface area contributed by atoms with Crippen LogP contribution in [-0.4, -0.2) is 174 Å². The number of esters is 5. The van der Waals surface area contributed by atoms with E-state index in [2.05, 4.69) is 31.5 Å². The van der Waals surface area contributed by atoms with Crippen molar-refractivity contribution >= 4 is 99.2 Å². The lowest BCUT2D eigenvalue weighted by Crippen LogP contribution is -2.59. The highest BCUT2D eigenvalue weighted by molar-refractivity contribution is 5.95. The monoisotopic (exact) mass is 1390 g/mol. The first-order valence-corrected chi connectivity index (χ1v) is 33.7. The summed E-state index contributed by atoms with van der Waals surface area (Å²) in [6, 6.07) is 16.1. The van der Waals surface area contributed by atoms with Crippen molar-refractivity contribution in [3.05, 3.63) is 95.3 Å². The molecule has 2 aromatic heterocycles. The zero-order valence-corrected chi connectivity index (χ0v) is 59.9. The molecule has 4 saturated heterocycles. The van der Waals surface area contributed by atoms with Crippen molar-refractivity contribution in [1.82, 2.24) is 41.5 Å². The van der Waals surface area contributed by atoms with Crippen LogP contribution in [-0.2, 0) is 85.9 Å². The minimum absolute atomic E-state index is 0.0127. The topological polar surface area (TPSA) is 353 Å². The minimum atomic E-state index is -0.936. The zero-order chi connectivity index (χ0) is 74.0. The molecule has 5 N–H and O–H groups in total. The van der Waals surface area contributed by atoms with E-state index in [0.717, 1.165) is 32.9 Å². The predicted molar refractivity (Wildman–Crippen MR) is 368 cm³/mol. The van der Waals surface area contributed by atoms with E-state index in [4.69, 9.17) is 33.2 Å². The highest BCUT2D eigenvalue weighted by Gasteiger charge is 2.46. The van der Waals surface area contributed by atoms with Gasteiger partial charge in [-0.15, -0.1) is 0 Å². The van der Waals surface area contributed by atoms with E-state index >= 15 is 0 Å². The van der Waals surface area contributed by atoms with Crippen molar-refractivity contribution in [2.24, 2.45) is 34.5 Å². The fourth-order valence-electron chi connectivity index (χ4n) is 11.3. The largest absolute Gasteiger partial charge is 0.480 e. The summed E-state index contributed by atoms with van der Waals surface area (Å²) in [5.74, 6) is -6.11. The first-order chi connectivity index (χ1) is 47.1. The molecule has 4 aliphatic heterocycles. The van der Waals surface area contributed by atoms with E-state index in [-0.39, 0.29) is 92.5 Å². The van der Waals surface area contributed by atoms with E-state index in [1.807, 2.05) is 101 Å². The van der Waals surface area contributed by atoms with E-state index in [0.29, 0.717) is 50.2 Å². The summed E-state index contributed by atoms with van der Waals surface area (Å²) >= 11 is 0. The number of aliphatic carboxylic acids is 1. The molecule has 0 radical (unpaired) electrons. The lowest BCUT2D eigenvalue weighted by atomic mass is 9.75. The molecular formula is C73H98N8O19. The molecule has 0 bridgehead atoms. The fraction of sp³-hybridized carbons (Fsp3) is 0.548. The fourth-order valence-corrected chi connectivity index (χ4v) is 11.3. The summed E-state index contributed by atoms with van der Waals surface area (Å²) in [6.07, 6.45) is 8.55. The number of ether oxygens (including phenoxy) is 7. The number of nitrogens with zero attached hydrogens (tertiary/aromatic N) is 4. The molecule has 2 aromatic carbocycles. The Balaban J connectivity index is 0.000000251. The molecule has 0 saturated carbocycles. The number of fused-ring (bicyclic) bond motifs is 2. The van der Waals surface area contributed by atoms with Gasteiger partial charge in [-0.25, -0.2) is 20.8 Å². The van der Waals surface area contributed by atoms with Gasteiger partial charge in [-0.05, 0) is 121 Å². The SMILES string of the molecule is CC(=O)O[C@H](C)c1ccc2ccc(/C=C/C3(C(=O)O)COC3)cc2n1.COC(=O)[C@@H]1CCCN(C(=O)[C@H](C)NC(=O)[C@@H](CC(=O)C2(/C=C/c3ccc4ccc([C@@H](C)OC(C)=O)nc4c3)COC2)C(C)C)N1.COC(=O)[C@@H]1CCCN(C(=O)[C@H](C)NC(=O)[C@@H](CC(=O)OC(C)(C)C)C(C)C)N1. The Morgan fingerprint density at radius 2 is 0.990 bits per heavy atom. The van der Waals surface area contributed by atoms with Crippen LogP contribution in [0.3, 0.4) is 0 Å². The lowest BCUT2D eigenvalue weighted by molar-refractivity contribution is -0.169. The molecule has 0 spiro atoms. The normalized spacial score (nSPS) is 18.9. The molecule has 0 aliphatic carbocycles. The number of hydrogen-bond donors (Lipinski definition) is 5. The van der Waals surface area contributed by atoms with Crippen molar-refractivity contribution in [1.29, 1.82) is 0 Å². The smallest absolute Gasteiger partial charge is 0.324 e. The molecule has 4 amide bonds. The van der Waals surface area contributed by atoms with Crippen LogP contribution in [0, 0.1) is 34.5 Å². The van der Waals surface area contributed by atoms with Crippen LogP contribution in [0.1, 0.15) is 163 Å². The number of carbonyl (C=O) groups excluding carboxylic acids is 10. The van der Waals surface area contributed by atoms with Crippen molar-refractivity contribution in [2.75, 3.05) is 53.7 Å².